The largest absolute Gasteiger partial charge is 0.216 e. The lowest BCUT2D eigenvalue weighted by molar-refractivity contribution is 1.14. The molecule has 0 bridgehead atoms. The minimum atomic E-state index is -1.40. The highest BCUT2D eigenvalue weighted by molar-refractivity contribution is 6.66. The van der Waals surface area contributed by atoms with Gasteiger partial charge in [0.2, 0.25) is 3.79 Å². The first-order valence-corrected chi connectivity index (χ1v) is 5.76. The molecule has 0 saturated carbocycles. The first kappa shape index (κ1) is 12.4. The fourth-order valence-electron chi connectivity index (χ4n) is 1.25. The Balaban J connectivity index is 3.35. The number of hydrogen-bond acceptors (Lipinski definition) is 0. The third-order valence-corrected chi connectivity index (χ3v) is 3.07. The summed E-state index contributed by atoms with van der Waals surface area (Å²) in [6.07, 6.45) is 0. The molecule has 14 heavy (non-hydrogen) atoms. The van der Waals surface area contributed by atoms with Crippen LogP contribution in [0, 0.1) is 13.8 Å². The van der Waals surface area contributed by atoms with Crippen LogP contribution >= 0.6 is 46.4 Å². The van der Waals surface area contributed by atoms with E-state index in [0.29, 0.717) is 11.4 Å². The zero-order valence-electron chi connectivity index (χ0n) is 7.87. The van der Waals surface area contributed by atoms with Crippen LogP contribution in [0.15, 0.2) is 12.1 Å². The lowest BCUT2D eigenvalue weighted by atomic mass is 10.0. The predicted molar refractivity (Wildman–Crippen MR) is 64.7 cm³/mol. The fourth-order valence-corrected chi connectivity index (χ4v) is 2.00. The molecule has 0 amide bonds. The summed E-state index contributed by atoms with van der Waals surface area (Å²) in [7, 11) is 0. The fraction of sp³-hybridized carbons (Fsp3) is 0.400. The molecule has 0 spiro atoms. The van der Waals surface area contributed by atoms with E-state index in [1.54, 1.807) is 0 Å². The molecule has 0 aliphatic heterocycles. The van der Waals surface area contributed by atoms with Crippen molar-refractivity contribution in [3.63, 3.8) is 0 Å². The Kier molecular flexibility index (Phi) is 3.99. The zero-order valence-corrected chi connectivity index (χ0v) is 10.9. The third kappa shape index (κ3) is 2.70. The van der Waals surface area contributed by atoms with Gasteiger partial charge in [-0.25, -0.2) is 0 Å². The maximum atomic E-state index is 5.84. The Bertz CT molecular complexity index is 339. The number of hydrogen-bond donors (Lipinski definition) is 0. The van der Waals surface area contributed by atoms with Crippen molar-refractivity contribution in [2.24, 2.45) is 0 Å². The molecule has 0 radical (unpaired) electrons. The lowest BCUT2D eigenvalue weighted by Crippen LogP contribution is -2.05. The van der Waals surface area contributed by atoms with Gasteiger partial charge >= 0.3 is 0 Å². The van der Waals surface area contributed by atoms with Gasteiger partial charge in [0, 0.05) is 11.4 Å². The van der Waals surface area contributed by atoms with Crippen LogP contribution in [0.4, 0.5) is 0 Å². The van der Waals surface area contributed by atoms with Crippen molar-refractivity contribution in [1.82, 2.24) is 0 Å². The van der Waals surface area contributed by atoms with Crippen molar-refractivity contribution < 1.29 is 0 Å². The number of halogens is 4. The molecule has 0 heterocycles. The van der Waals surface area contributed by atoms with E-state index < -0.39 is 3.79 Å². The van der Waals surface area contributed by atoms with Crippen LogP contribution in [0.1, 0.15) is 22.3 Å². The monoisotopic (exact) mass is 270 g/mol. The van der Waals surface area contributed by atoms with Gasteiger partial charge < -0.3 is 0 Å². The molecule has 1 aromatic rings. The van der Waals surface area contributed by atoms with E-state index in [1.807, 2.05) is 26.0 Å². The highest BCUT2D eigenvalue weighted by atomic mass is 35.6. The van der Waals surface area contributed by atoms with Gasteiger partial charge in [0.25, 0.3) is 0 Å². The molecule has 1 rings (SSSR count). The van der Waals surface area contributed by atoms with E-state index >= 15 is 0 Å². The van der Waals surface area contributed by atoms with E-state index in [-0.39, 0.29) is 0 Å². The predicted octanol–water partition coefficient (Wildman–Crippen LogP) is 4.87. The van der Waals surface area contributed by atoms with Crippen LogP contribution < -0.4 is 0 Å². The summed E-state index contributed by atoms with van der Waals surface area (Å²) >= 11 is 23.3. The van der Waals surface area contributed by atoms with E-state index in [2.05, 4.69) is 0 Å². The van der Waals surface area contributed by atoms with E-state index in [9.17, 15) is 0 Å². The first-order chi connectivity index (χ1) is 6.36. The summed E-state index contributed by atoms with van der Waals surface area (Å²) in [5.41, 5.74) is 3.79. The second-order valence-corrected chi connectivity index (χ2v) is 5.77. The second-order valence-electron chi connectivity index (χ2n) is 3.23. The molecule has 0 aliphatic carbocycles. The standard InChI is InChI=1S/C10H10Cl4/c1-6-3-8(5-11)9(4-7(6)2)10(12,13)14/h3-4H,5H2,1-2H3. The van der Waals surface area contributed by atoms with Crippen LogP contribution in [0.2, 0.25) is 0 Å². The highest BCUT2D eigenvalue weighted by Gasteiger charge is 2.26. The van der Waals surface area contributed by atoms with Crippen molar-refractivity contribution in [3.05, 3.63) is 34.4 Å². The van der Waals surface area contributed by atoms with Gasteiger partial charge in [-0.05, 0) is 30.5 Å². The number of rotatable bonds is 1. The molecule has 0 fully saturated rings. The van der Waals surface area contributed by atoms with Gasteiger partial charge in [0.1, 0.15) is 0 Å². The average molecular weight is 272 g/mol. The molecule has 0 N–H and O–H groups in total. The van der Waals surface area contributed by atoms with Crippen LogP contribution in [-0.4, -0.2) is 0 Å². The third-order valence-electron chi connectivity index (χ3n) is 2.17. The van der Waals surface area contributed by atoms with Gasteiger partial charge in [0.15, 0.2) is 0 Å². The maximum absolute atomic E-state index is 5.84. The number of benzene rings is 1. The molecular formula is C10H10Cl4. The molecule has 0 aliphatic rings. The van der Waals surface area contributed by atoms with Crippen molar-refractivity contribution in [2.75, 3.05) is 0 Å². The van der Waals surface area contributed by atoms with Gasteiger partial charge in [-0.15, -0.1) is 11.6 Å². The number of alkyl halides is 4. The minimum Gasteiger partial charge on any atom is -0.122 e. The molecule has 0 saturated heterocycles. The van der Waals surface area contributed by atoms with Crippen molar-refractivity contribution in [3.8, 4) is 0 Å². The summed E-state index contributed by atoms with van der Waals surface area (Å²) in [6.45, 7) is 3.99. The van der Waals surface area contributed by atoms with Crippen LogP contribution in [0.25, 0.3) is 0 Å². The summed E-state index contributed by atoms with van der Waals surface area (Å²) in [5, 5.41) is 0. The Hall–Kier alpha value is 0.380. The summed E-state index contributed by atoms with van der Waals surface area (Å²) in [4.78, 5) is 0. The van der Waals surface area contributed by atoms with Gasteiger partial charge in [-0.2, -0.15) is 0 Å². The average Bonchev–Trinajstić information content (AvgIpc) is 2.07. The summed E-state index contributed by atoms with van der Waals surface area (Å²) in [6, 6.07) is 3.83. The second kappa shape index (κ2) is 4.49. The van der Waals surface area contributed by atoms with E-state index in [4.69, 9.17) is 46.4 Å². The minimum absolute atomic E-state index is 0.352. The SMILES string of the molecule is Cc1cc(CCl)c(C(Cl)(Cl)Cl)cc1C. The lowest BCUT2D eigenvalue weighted by Gasteiger charge is -2.17. The zero-order chi connectivity index (χ0) is 10.9. The molecule has 0 unspecified atom stereocenters. The van der Waals surface area contributed by atoms with E-state index in [1.165, 1.54) is 0 Å². The molecule has 0 atom stereocenters. The summed E-state index contributed by atoms with van der Waals surface area (Å²) in [5.74, 6) is 0.352. The molecule has 1 aromatic carbocycles. The van der Waals surface area contributed by atoms with Crippen molar-refractivity contribution >= 4 is 46.4 Å². The quantitative estimate of drug-likeness (QED) is 0.640. The maximum Gasteiger partial charge on any atom is 0.216 e. The smallest absolute Gasteiger partial charge is 0.122 e. The Morgan fingerprint density at radius 3 is 2.00 bits per heavy atom. The Morgan fingerprint density at radius 2 is 1.57 bits per heavy atom. The normalized spacial score (nSPS) is 11.9. The Morgan fingerprint density at radius 1 is 1.07 bits per heavy atom. The van der Waals surface area contributed by atoms with Crippen LogP contribution in [-0.2, 0) is 9.67 Å². The number of aryl methyl sites for hydroxylation is 2. The highest BCUT2D eigenvalue weighted by Crippen LogP contribution is 2.41. The Labute approximate surface area is 104 Å². The van der Waals surface area contributed by atoms with Crippen molar-refractivity contribution in [2.45, 2.75) is 23.5 Å². The van der Waals surface area contributed by atoms with E-state index in [0.717, 1.165) is 16.7 Å². The topological polar surface area (TPSA) is 0 Å². The molecule has 0 nitrogen and oxygen atoms in total. The molecule has 78 valence electrons. The molecular weight excluding hydrogens is 262 g/mol. The molecule has 4 heteroatoms. The van der Waals surface area contributed by atoms with Crippen LogP contribution in [0.5, 0.6) is 0 Å². The van der Waals surface area contributed by atoms with Crippen LogP contribution in [0.3, 0.4) is 0 Å². The first-order valence-electron chi connectivity index (χ1n) is 4.09. The van der Waals surface area contributed by atoms with Gasteiger partial charge in [-0.1, -0.05) is 46.9 Å². The molecule has 0 aromatic heterocycles. The van der Waals surface area contributed by atoms with Gasteiger partial charge in [-0.3, -0.25) is 0 Å². The van der Waals surface area contributed by atoms with Gasteiger partial charge in [0.05, 0.1) is 0 Å². The summed E-state index contributed by atoms with van der Waals surface area (Å²) < 4.78 is -1.40. The van der Waals surface area contributed by atoms with Crippen molar-refractivity contribution in [1.29, 1.82) is 0 Å².